The highest BCUT2D eigenvalue weighted by Gasteiger charge is 2.03. The maximum atomic E-state index is 11.2. The van der Waals surface area contributed by atoms with E-state index in [0.717, 1.165) is 27.9 Å². The average molecular weight is 260 g/mol. The number of aromatic amines is 1. The van der Waals surface area contributed by atoms with E-state index in [1.165, 1.54) is 11.3 Å². The van der Waals surface area contributed by atoms with Gasteiger partial charge in [0.05, 0.1) is 22.5 Å². The number of benzene rings is 1. The van der Waals surface area contributed by atoms with Crippen LogP contribution in [0.25, 0.3) is 10.2 Å². The first-order valence-corrected chi connectivity index (χ1v) is 6.57. The Morgan fingerprint density at radius 1 is 1.44 bits per heavy atom. The molecule has 0 saturated heterocycles. The lowest BCUT2D eigenvalue weighted by atomic mass is 10.2. The van der Waals surface area contributed by atoms with Gasteiger partial charge in [-0.2, -0.15) is 0 Å². The van der Waals surface area contributed by atoms with Crippen LogP contribution in [0.3, 0.4) is 0 Å². The Morgan fingerprint density at radius 2 is 2.33 bits per heavy atom. The molecule has 3 rings (SSSR count). The fourth-order valence-corrected chi connectivity index (χ4v) is 2.65. The summed E-state index contributed by atoms with van der Waals surface area (Å²) in [5, 5.41) is 8.12. The number of nitrogens with zero attached hydrogens (tertiary/aromatic N) is 3. The summed E-state index contributed by atoms with van der Waals surface area (Å²) in [4.78, 5) is 14.0. The molecule has 92 valence electrons. The van der Waals surface area contributed by atoms with Crippen molar-refractivity contribution in [3.63, 3.8) is 0 Å². The SMILES string of the molecule is CCc1cn(Cc2ccc3[nH]c(=O)sc3c2)nn1. The monoisotopic (exact) mass is 260 g/mol. The molecule has 0 fully saturated rings. The summed E-state index contributed by atoms with van der Waals surface area (Å²) >= 11 is 1.23. The molecule has 0 unspecified atom stereocenters. The van der Waals surface area contributed by atoms with Crippen LogP contribution in [0.1, 0.15) is 18.2 Å². The zero-order valence-corrected chi connectivity index (χ0v) is 10.7. The minimum absolute atomic E-state index is 0.0174. The molecule has 0 aliphatic heterocycles. The second-order valence-electron chi connectivity index (χ2n) is 4.11. The second-order valence-corrected chi connectivity index (χ2v) is 5.12. The molecular formula is C12H12N4OS. The summed E-state index contributed by atoms with van der Waals surface area (Å²) in [6.07, 6.45) is 2.84. The highest BCUT2D eigenvalue weighted by atomic mass is 32.1. The van der Waals surface area contributed by atoms with Gasteiger partial charge in [0.2, 0.25) is 0 Å². The first-order valence-electron chi connectivity index (χ1n) is 5.75. The predicted octanol–water partition coefficient (Wildman–Crippen LogP) is 1.79. The van der Waals surface area contributed by atoms with Crippen molar-refractivity contribution < 1.29 is 0 Å². The van der Waals surface area contributed by atoms with Gasteiger partial charge in [-0.3, -0.25) is 4.79 Å². The largest absolute Gasteiger partial charge is 0.312 e. The first kappa shape index (κ1) is 11.2. The number of hydrogen-bond acceptors (Lipinski definition) is 4. The molecule has 0 saturated carbocycles. The molecule has 0 spiro atoms. The van der Waals surface area contributed by atoms with Crippen LogP contribution in [0.5, 0.6) is 0 Å². The van der Waals surface area contributed by atoms with Gasteiger partial charge >= 0.3 is 4.87 Å². The van der Waals surface area contributed by atoms with E-state index >= 15 is 0 Å². The van der Waals surface area contributed by atoms with Gasteiger partial charge in [0.15, 0.2) is 0 Å². The highest BCUT2D eigenvalue weighted by Crippen LogP contribution is 2.16. The van der Waals surface area contributed by atoms with E-state index < -0.39 is 0 Å². The summed E-state index contributed by atoms with van der Waals surface area (Å²) in [6.45, 7) is 2.73. The standard InChI is InChI=1S/C12H12N4OS/c1-2-9-7-16(15-14-9)6-8-3-4-10-11(5-8)18-12(17)13-10/h3-5,7H,2,6H2,1H3,(H,13,17). The van der Waals surface area contributed by atoms with E-state index in [1.54, 1.807) is 0 Å². The van der Waals surface area contributed by atoms with E-state index in [1.807, 2.05) is 29.1 Å². The van der Waals surface area contributed by atoms with Gasteiger partial charge in [0.25, 0.3) is 0 Å². The van der Waals surface area contributed by atoms with Gasteiger partial charge in [-0.25, -0.2) is 4.68 Å². The Labute approximate surface area is 107 Å². The molecule has 2 heterocycles. The zero-order valence-electron chi connectivity index (χ0n) is 9.88. The molecule has 2 aromatic heterocycles. The minimum atomic E-state index is -0.0174. The maximum Gasteiger partial charge on any atom is 0.305 e. The van der Waals surface area contributed by atoms with E-state index in [2.05, 4.69) is 22.2 Å². The lowest BCUT2D eigenvalue weighted by Crippen LogP contribution is -2.00. The van der Waals surface area contributed by atoms with Crippen molar-refractivity contribution in [2.24, 2.45) is 0 Å². The maximum absolute atomic E-state index is 11.2. The lowest BCUT2D eigenvalue weighted by Gasteiger charge is -2.00. The van der Waals surface area contributed by atoms with Crippen LogP contribution in [0, 0.1) is 0 Å². The van der Waals surface area contributed by atoms with Crippen molar-refractivity contribution >= 4 is 21.6 Å². The molecule has 18 heavy (non-hydrogen) atoms. The highest BCUT2D eigenvalue weighted by molar-refractivity contribution is 7.16. The van der Waals surface area contributed by atoms with Crippen molar-refractivity contribution in [1.82, 2.24) is 20.0 Å². The summed E-state index contributed by atoms with van der Waals surface area (Å²) in [5.74, 6) is 0. The summed E-state index contributed by atoms with van der Waals surface area (Å²) in [6, 6.07) is 5.95. The molecule has 3 aromatic rings. The van der Waals surface area contributed by atoms with Crippen LogP contribution in [0.15, 0.2) is 29.2 Å². The van der Waals surface area contributed by atoms with Crippen molar-refractivity contribution in [3.8, 4) is 0 Å². The Hall–Kier alpha value is -1.95. The van der Waals surface area contributed by atoms with Crippen molar-refractivity contribution in [2.45, 2.75) is 19.9 Å². The molecule has 0 aliphatic rings. The van der Waals surface area contributed by atoms with Gasteiger partial charge in [-0.1, -0.05) is 29.5 Å². The number of fused-ring (bicyclic) bond motifs is 1. The number of aryl methyl sites for hydroxylation is 1. The minimum Gasteiger partial charge on any atom is -0.312 e. The average Bonchev–Trinajstić information content (AvgIpc) is 2.94. The second kappa shape index (κ2) is 4.38. The number of thiazole rings is 1. The van der Waals surface area contributed by atoms with Crippen LogP contribution < -0.4 is 4.87 Å². The van der Waals surface area contributed by atoms with Gasteiger partial charge < -0.3 is 4.98 Å². The molecule has 0 amide bonds. The third-order valence-electron chi connectivity index (χ3n) is 2.78. The molecule has 6 heteroatoms. The van der Waals surface area contributed by atoms with Crippen LogP contribution >= 0.6 is 11.3 Å². The molecule has 0 aliphatic carbocycles. The third-order valence-corrected chi connectivity index (χ3v) is 3.62. The normalized spacial score (nSPS) is 11.2. The van der Waals surface area contributed by atoms with Gasteiger partial charge in [0.1, 0.15) is 0 Å². The molecule has 1 aromatic carbocycles. The quantitative estimate of drug-likeness (QED) is 0.781. The van der Waals surface area contributed by atoms with Crippen LogP contribution in [-0.2, 0) is 13.0 Å². The zero-order chi connectivity index (χ0) is 12.5. The van der Waals surface area contributed by atoms with E-state index in [9.17, 15) is 4.79 Å². The molecule has 0 radical (unpaired) electrons. The van der Waals surface area contributed by atoms with Crippen molar-refractivity contribution in [1.29, 1.82) is 0 Å². The van der Waals surface area contributed by atoms with Gasteiger partial charge in [-0.05, 0) is 24.1 Å². The number of aromatic nitrogens is 4. The molecule has 1 N–H and O–H groups in total. The Bertz CT molecular complexity index is 740. The van der Waals surface area contributed by atoms with E-state index in [4.69, 9.17) is 0 Å². The smallest absolute Gasteiger partial charge is 0.305 e. The van der Waals surface area contributed by atoms with Crippen LogP contribution in [-0.4, -0.2) is 20.0 Å². The van der Waals surface area contributed by atoms with Crippen molar-refractivity contribution in [3.05, 3.63) is 45.3 Å². The Balaban J connectivity index is 1.91. The van der Waals surface area contributed by atoms with Gasteiger partial charge in [-0.15, -0.1) is 5.10 Å². The summed E-state index contributed by atoms with van der Waals surface area (Å²) in [5.41, 5.74) is 2.99. The van der Waals surface area contributed by atoms with Crippen LogP contribution in [0.4, 0.5) is 0 Å². The topological polar surface area (TPSA) is 63.6 Å². The van der Waals surface area contributed by atoms with E-state index in [-0.39, 0.29) is 4.87 Å². The number of nitrogens with one attached hydrogen (secondary N) is 1. The summed E-state index contributed by atoms with van der Waals surface area (Å²) < 4.78 is 2.79. The predicted molar refractivity (Wildman–Crippen MR) is 70.9 cm³/mol. The molecule has 0 bridgehead atoms. The fourth-order valence-electron chi connectivity index (χ4n) is 1.85. The summed E-state index contributed by atoms with van der Waals surface area (Å²) in [7, 11) is 0. The molecule has 0 atom stereocenters. The number of hydrogen-bond donors (Lipinski definition) is 1. The third kappa shape index (κ3) is 2.06. The molecular weight excluding hydrogens is 248 g/mol. The number of H-pyrrole nitrogens is 1. The van der Waals surface area contributed by atoms with Crippen LogP contribution in [0.2, 0.25) is 0 Å². The van der Waals surface area contributed by atoms with Crippen molar-refractivity contribution in [2.75, 3.05) is 0 Å². The lowest BCUT2D eigenvalue weighted by molar-refractivity contribution is 0.649. The Morgan fingerprint density at radius 3 is 3.11 bits per heavy atom. The Kier molecular flexibility index (Phi) is 2.71. The fraction of sp³-hybridized carbons (Fsp3) is 0.250. The number of rotatable bonds is 3. The first-order chi connectivity index (χ1) is 8.74. The molecule has 5 nitrogen and oxygen atoms in total. The van der Waals surface area contributed by atoms with E-state index in [0.29, 0.717) is 6.54 Å². The van der Waals surface area contributed by atoms with Gasteiger partial charge in [0, 0.05) is 6.20 Å².